The average Bonchev–Trinajstić information content (AvgIpc) is 3.32. The van der Waals surface area contributed by atoms with E-state index >= 15 is 0 Å². The van der Waals surface area contributed by atoms with E-state index in [1.165, 1.54) is 29.5 Å². The quantitative estimate of drug-likeness (QED) is 0.582. The van der Waals surface area contributed by atoms with Gasteiger partial charge in [0, 0.05) is 23.9 Å². The zero-order valence-electron chi connectivity index (χ0n) is 13.0. The van der Waals surface area contributed by atoms with Crippen molar-refractivity contribution in [2.24, 2.45) is 0 Å². The second kappa shape index (κ2) is 6.73. The van der Waals surface area contributed by atoms with Gasteiger partial charge in [0.25, 0.3) is 5.91 Å². The van der Waals surface area contributed by atoms with E-state index in [0.29, 0.717) is 24.4 Å². The monoisotopic (exact) mass is 372 g/mol. The number of hydrogen-bond donors (Lipinski definition) is 1. The lowest BCUT2D eigenvalue weighted by atomic mass is 10.2. The molecule has 1 aromatic carbocycles. The molecule has 0 aliphatic heterocycles. The van der Waals surface area contributed by atoms with Gasteiger partial charge in [-0.2, -0.15) is 4.98 Å². The molecule has 8 heteroatoms. The van der Waals surface area contributed by atoms with Crippen molar-refractivity contribution in [3.63, 3.8) is 0 Å². The first-order valence-electron chi connectivity index (χ1n) is 7.61. The molecule has 0 bridgehead atoms. The predicted molar refractivity (Wildman–Crippen MR) is 96.6 cm³/mol. The third kappa shape index (κ3) is 3.31. The minimum atomic E-state index is -0.420. The van der Waals surface area contributed by atoms with Crippen molar-refractivity contribution in [2.75, 3.05) is 6.54 Å². The molecule has 0 unspecified atom stereocenters. The third-order valence-corrected chi connectivity index (χ3v) is 5.38. The minimum Gasteiger partial charge on any atom is -0.352 e. The van der Waals surface area contributed by atoms with Crippen LogP contribution in [-0.4, -0.2) is 27.0 Å². The SMILES string of the molecule is O=C(NCCc1csc2nc(-c3cccs3)nn12)c1cccc(F)c1. The molecule has 0 spiro atoms. The molecule has 1 N–H and O–H groups in total. The van der Waals surface area contributed by atoms with E-state index in [2.05, 4.69) is 15.4 Å². The van der Waals surface area contributed by atoms with Gasteiger partial charge in [-0.05, 0) is 29.6 Å². The number of thiazole rings is 1. The molecule has 0 saturated heterocycles. The standard InChI is InChI=1S/C17H13FN4OS2/c18-12-4-1-3-11(9-12)16(23)19-7-6-13-10-25-17-20-15(21-22(13)17)14-5-2-8-24-14/h1-5,8-10H,6-7H2,(H,19,23). The molecule has 4 rings (SSSR count). The van der Waals surface area contributed by atoms with E-state index in [-0.39, 0.29) is 5.91 Å². The number of hydrogen-bond acceptors (Lipinski definition) is 5. The van der Waals surface area contributed by atoms with Crippen LogP contribution in [-0.2, 0) is 6.42 Å². The summed E-state index contributed by atoms with van der Waals surface area (Å²) in [6, 6.07) is 9.61. The topological polar surface area (TPSA) is 59.3 Å². The number of thiophene rings is 1. The molecule has 126 valence electrons. The van der Waals surface area contributed by atoms with Crippen LogP contribution >= 0.6 is 22.7 Å². The van der Waals surface area contributed by atoms with Gasteiger partial charge in [-0.3, -0.25) is 4.79 Å². The lowest BCUT2D eigenvalue weighted by Gasteiger charge is -2.04. The first-order chi connectivity index (χ1) is 12.2. The number of halogens is 1. The van der Waals surface area contributed by atoms with Crippen LogP contribution in [0.3, 0.4) is 0 Å². The van der Waals surface area contributed by atoms with Crippen molar-refractivity contribution in [1.82, 2.24) is 19.9 Å². The zero-order valence-corrected chi connectivity index (χ0v) is 14.6. The van der Waals surface area contributed by atoms with E-state index in [1.54, 1.807) is 17.4 Å². The Bertz CT molecular complexity index is 1020. The molecular formula is C17H13FN4OS2. The van der Waals surface area contributed by atoms with Gasteiger partial charge < -0.3 is 5.32 Å². The Balaban J connectivity index is 1.43. The van der Waals surface area contributed by atoms with Crippen LogP contribution in [0.2, 0.25) is 0 Å². The Morgan fingerprint density at radius 3 is 2.96 bits per heavy atom. The summed E-state index contributed by atoms with van der Waals surface area (Å²) in [4.78, 5) is 18.4. The lowest BCUT2D eigenvalue weighted by molar-refractivity contribution is 0.0953. The number of nitrogens with zero attached hydrogens (tertiary/aromatic N) is 3. The molecule has 25 heavy (non-hydrogen) atoms. The Kier molecular flexibility index (Phi) is 4.29. The molecule has 0 radical (unpaired) electrons. The number of carbonyl (C=O) groups excluding carboxylic acids is 1. The van der Waals surface area contributed by atoms with Crippen LogP contribution in [0.4, 0.5) is 4.39 Å². The summed E-state index contributed by atoms with van der Waals surface area (Å²) in [6.45, 7) is 0.440. The second-order valence-corrected chi connectivity index (χ2v) is 7.13. The second-order valence-electron chi connectivity index (χ2n) is 5.35. The lowest BCUT2D eigenvalue weighted by Crippen LogP contribution is -2.26. The van der Waals surface area contributed by atoms with Gasteiger partial charge in [0.2, 0.25) is 4.96 Å². The molecule has 0 atom stereocenters. The average molecular weight is 372 g/mol. The Labute approximate surface area is 150 Å². The number of aromatic nitrogens is 3. The zero-order chi connectivity index (χ0) is 17.2. The van der Waals surface area contributed by atoms with Crippen molar-refractivity contribution in [2.45, 2.75) is 6.42 Å². The van der Waals surface area contributed by atoms with Crippen LogP contribution in [0.15, 0.2) is 47.2 Å². The van der Waals surface area contributed by atoms with Gasteiger partial charge >= 0.3 is 0 Å². The summed E-state index contributed by atoms with van der Waals surface area (Å²) in [6.07, 6.45) is 0.619. The molecule has 3 heterocycles. The summed E-state index contributed by atoms with van der Waals surface area (Å²) >= 11 is 3.12. The molecule has 0 aliphatic carbocycles. The fourth-order valence-corrected chi connectivity index (χ4v) is 3.95. The van der Waals surface area contributed by atoms with E-state index in [9.17, 15) is 9.18 Å². The van der Waals surface area contributed by atoms with E-state index in [1.807, 2.05) is 27.4 Å². The Morgan fingerprint density at radius 2 is 2.16 bits per heavy atom. The fourth-order valence-electron chi connectivity index (χ4n) is 2.44. The van der Waals surface area contributed by atoms with Crippen LogP contribution in [0.1, 0.15) is 16.1 Å². The maximum atomic E-state index is 13.2. The summed E-state index contributed by atoms with van der Waals surface area (Å²) in [5.74, 6) is 0.00616. The van der Waals surface area contributed by atoms with E-state index in [4.69, 9.17) is 0 Å². The first-order valence-corrected chi connectivity index (χ1v) is 9.37. The number of amides is 1. The predicted octanol–water partition coefficient (Wildman–Crippen LogP) is 3.63. The first kappa shape index (κ1) is 15.9. The molecule has 1 amide bonds. The largest absolute Gasteiger partial charge is 0.352 e. The smallest absolute Gasteiger partial charge is 0.251 e. The molecule has 0 aliphatic rings. The molecular weight excluding hydrogens is 359 g/mol. The van der Waals surface area contributed by atoms with Gasteiger partial charge in [0.05, 0.1) is 10.6 Å². The maximum absolute atomic E-state index is 13.2. The molecule has 0 fully saturated rings. The molecule has 5 nitrogen and oxygen atoms in total. The number of rotatable bonds is 5. The van der Waals surface area contributed by atoms with E-state index < -0.39 is 5.82 Å². The third-order valence-electron chi connectivity index (χ3n) is 3.64. The summed E-state index contributed by atoms with van der Waals surface area (Å²) in [5, 5.41) is 11.3. The van der Waals surface area contributed by atoms with Crippen LogP contribution in [0.25, 0.3) is 15.7 Å². The number of carbonyl (C=O) groups is 1. The minimum absolute atomic E-state index is 0.288. The summed E-state index contributed by atoms with van der Waals surface area (Å²) in [7, 11) is 0. The van der Waals surface area contributed by atoms with Gasteiger partial charge in [-0.15, -0.1) is 27.8 Å². The van der Waals surface area contributed by atoms with Crippen molar-refractivity contribution in [1.29, 1.82) is 0 Å². The number of fused-ring (bicyclic) bond motifs is 1. The summed E-state index contributed by atoms with van der Waals surface area (Å²) < 4.78 is 15.0. The number of nitrogens with one attached hydrogen (secondary N) is 1. The van der Waals surface area contributed by atoms with Gasteiger partial charge in [-0.1, -0.05) is 12.1 Å². The highest BCUT2D eigenvalue weighted by molar-refractivity contribution is 7.15. The van der Waals surface area contributed by atoms with Crippen LogP contribution < -0.4 is 5.32 Å². The van der Waals surface area contributed by atoms with Crippen molar-refractivity contribution in [3.05, 3.63) is 64.2 Å². The van der Waals surface area contributed by atoms with Crippen LogP contribution in [0.5, 0.6) is 0 Å². The molecule has 0 saturated carbocycles. The maximum Gasteiger partial charge on any atom is 0.251 e. The highest BCUT2D eigenvalue weighted by atomic mass is 32.1. The van der Waals surface area contributed by atoms with Crippen molar-refractivity contribution in [3.8, 4) is 10.7 Å². The van der Waals surface area contributed by atoms with Crippen molar-refractivity contribution >= 4 is 33.5 Å². The normalized spacial score (nSPS) is 11.1. The molecule has 4 aromatic rings. The van der Waals surface area contributed by atoms with Gasteiger partial charge in [0.1, 0.15) is 5.82 Å². The number of benzene rings is 1. The van der Waals surface area contributed by atoms with Gasteiger partial charge in [0.15, 0.2) is 5.82 Å². The molecule has 3 aromatic heterocycles. The Hall–Kier alpha value is -2.58. The highest BCUT2D eigenvalue weighted by Gasteiger charge is 2.12. The van der Waals surface area contributed by atoms with E-state index in [0.717, 1.165) is 15.5 Å². The highest BCUT2D eigenvalue weighted by Crippen LogP contribution is 2.24. The fraction of sp³-hybridized carbons (Fsp3) is 0.118. The summed E-state index contributed by atoms with van der Waals surface area (Å²) in [5.41, 5.74) is 1.30. The van der Waals surface area contributed by atoms with Gasteiger partial charge in [-0.25, -0.2) is 8.91 Å². The van der Waals surface area contributed by atoms with Crippen molar-refractivity contribution < 1.29 is 9.18 Å². The Morgan fingerprint density at radius 1 is 1.24 bits per heavy atom. The van der Waals surface area contributed by atoms with Crippen LogP contribution in [0, 0.1) is 5.82 Å².